The average molecular weight is 754 g/mol. The van der Waals surface area contributed by atoms with Gasteiger partial charge in [0.1, 0.15) is 16.7 Å². The Morgan fingerprint density at radius 2 is 0.898 bits per heavy atom. The molecule has 0 N–H and O–H groups in total. The zero-order valence-corrected chi connectivity index (χ0v) is 32.0. The van der Waals surface area contributed by atoms with Crippen LogP contribution in [-0.4, -0.2) is 0 Å². The van der Waals surface area contributed by atoms with Crippen LogP contribution in [0.4, 0.5) is 17.1 Å². The molecule has 2 aromatic heterocycles. The molecule has 59 heavy (non-hydrogen) atoms. The van der Waals surface area contributed by atoms with Gasteiger partial charge in [-0.3, -0.25) is 0 Å². The molecular weight excluding hydrogens is 719 g/mol. The quantitative estimate of drug-likeness (QED) is 0.169. The zero-order chi connectivity index (χ0) is 38.9. The van der Waals surface area contributed by atoms with Gasteiger partial charge in [-0.15, -0.1) is 0 Å². The lowest BCUT2D eigenvalue weighted by Crippen LogP contribution is -2.11. The van der Waals surface area contributed by atoms with Gasteiger partial charge in [0.2, 0.25) is 0 Å². The summed E-state index contributed by atoms with van der Waals surface area (Å²) in [4.78, 5) is 2.37. The Bertz CT molecular complexity index is 3550. The number of anilines is 3. The molecular formula is C56H35NO2. The third kappa shape index (κ3) is 5.36. The number of nitrogens with zero attached hydrogens (tertiary/aromatic N) is 1. The molecule has 0 unspecified atom stereocenters. The lowest BCUT2D eigenvalue weighted by Gasteiger charge is -2.28. The van der Waals surface area contributed by atoms with Crippen LogP contribution in [0.2, 0.25) is 0 Å². The van der Waals surface area contributed by atoms with Crippen molar-refractivity contribution in [1.82, 2.24) is 0 Å². The standard InChI is InChI=1S/C56H35NO2/c1-2-13-38(14-3-1)42-21-11-23-48-49-24-12-25-52(56(49)59-55(42)48)57(40-30-27-36(28-31-40)39-29-34-54-50(35-39)47-20-8-9-26-53(47)58-54)51-33-32-45(44-18-6-7-19-46(44)51)43-22-10-16-37-15-4-5-17-41(37)43/h1-35H. The summed E-state index contributed by atoms with van der Waals surface area (Å²) in [5.74, 6) is 0. The first-order chi connectivity index (χ1) is 29.3. The summed E-state index contributed by atoms with van der Waals surface area (Å²) in [5.41, 5.74) is 13.5. The van der Waals surface area contributed by atoms with E-state index in [9.17, 15) is 0 Å². The number of hydrogen-bond acceptors (Lipinski definition) is 3. The molecule has 0 saturated carbocycles. The van der Waals surface area contributed by atoms with Crippen molar-refractivity contribution in [2.45, 2.75) is 0 Å². The maximum Gasteiger partial charge on any atom is 0.159 e. The first-order valence-electron chi connectivity index (χ1n) is 20.1. The lowest BCUT2D eigenvalue weighted by molar-refractivity contribution is 0.669. The van der Waals surface area contributed by atoms with Gasteiger partial charge in [-0.1, -0.05) is 170 Å². The molecule has 0 aliphatic heterocycles. The maximum absolute atomic E-state index is 7.06. The molecule has 0 atom stereocenters. The van der Waals surface area contributed by atoms with Gasteiger partial charge in [-0.25, -0.2) is 0 Å². The highest BCUT2D eigenvalue weighted by molar-refractivity contribution is 6.16. The predicted molar refractivity (Wildman–Crippen MR) is 247 cm³/mol. The number of rotatable bonds is 6. The molecule has 3 nitrogen and oxygen atoms in total. The van der Waals surface area contributed by atoms with E-state index in [2.05, 4.69) is 205 Å². The summed E-state index contributed by atoms with van der Waals surface area (Å²) in [6.07, 6.45) is 0. The van der Waals surface area contributed by atoms with Crippen LogP contribution in [0.15, 0.2) is 221 Å². The molecule has 276 valence electrons. The van der Waals surface area contributed by atoms with Gasteiger partial charge in [0.25, 0.3) is 0 Å². The second kappa shape index (κ2) is 13.4. The first-order valence-corrected chi connectivity index (χ1v) is 20.1. The molecule has 0 aliphatic carbocycles. The van der Waals surface area contributed by atoms with Gasteiger partial charge in [-0.2, -0.15) is 0 Å². The molecule has 12 aromatic rings. The predicted octanol–water partition coefficient (Wildman–Crippen LogP) is 16.3. The van der Waals surface area contributed by atoms with Crippen LogP contribution in [0.5, 0.6) is 0 Å². The number of para-hydroxylation sites is 3. The fraction of sp³-hybridized carbons (Fsp3) is 0. The summed E-state index contributed by atoms with van der Waals surface area (Å²) in [6, 6.07) is 75.7. The fourth-order valence-corrected chi connectivity index (χ4v) is 9.12. The normalized spacial score (nSPS) is 11.7. The van der Waals surface area contributed by atoms with E-state index in [1.807, 2.05) is 12.1 Å². The average Bonchev–Trinajstić information content (AvgIpc) is 3.88. The van der Waals surface area contributed by atoms with E-state index in [-0.39, 0.29) is 0 Å². The SMILES string of the molecule is c1ccc(-c2cccc3c2oc2c(N(c4ccc(-c5ccc6oc7ccccc7c6c5)cc4)c4ccc(-c5cccc6ccccc56)c5ccccc45)cccc23)cc1. The molecule has 12 rings (SSSR count). The minimum Gasteiger partial charge on any atom is -0.456 e. The molecule has 0 saturated heterocycles. The van der Waals surface area contributed by atoms with Crippen LogP contribution < -0.4 is 4.90 Å². The fourth-order valence-electron chi connectivity index (χ4n) is 9.12. The largest absolute Gasteiger partial charge is 0.456 e. The van der Waals surface area contributed by atoms with Gasteiger partial charge in [0.15, 0.2) is 5.58 Å². The minimum atomic E-state index is 0.842. The Balaban J connectivity index is 1.07. The summed E-state index contributed by atoms with van der Waals surface area (Å²) < 4.78 is 13.2. The summed E-state index contributed by atoms with van der Waals surface area (Å²) in [7, 11) is 0. The molecule has 0 fully saturated rings. The van der Waals surface area contributed by atoms with E-state index in [0.717, 1.165) is 88.6 Å². The van der Waals surface area contributed by atoms with Crippen LogP contribution in [0.25, 0.3) is 98.8 Å². The van der Waals surface area contributed by atoms with Crippen LogP contribution in [-0.2, 0) is 0 Å². The van der Waals surface area contributed by atoms with E-state index >= 15 is 0 Å². The van der Waals surface area contributed by atoms with E-state index < -0.39 is 0 Å². The van der Waals surface area contributed by atoms with Crippen LogP contribution >= 0.6 is 0 Å². The first kappa shape index (κ1) is 33.3. The monoisotopic (exact) mass is 753 g/mol. The number of hydrogen-bond donors (Lipinski definition) is 0. The third-order valence-corrected chi connectivity index (χ3v) is 11.9. The summed E-state index contributed by atoms with van der Waals surface area (Å²) >= 11 is 0. The molecule has 0 spiro atoms. The lowest BCUT2D eigenvalue weighted by atomic mass is 9.93. The minimum absolute atomic E-state index is 0.842. The van der Waals surface area contributed by atoms with E-state index in [0.29, 0.717) is 0 Å². The van der Waals surface area contributed by atoms with Crippen LogP contribution in [0, 0.1) is 0 Å². The van der Waals surface area contributed by atoms with Crippen molar-refractivity contribution < 1.29 is 8.83 Å². The highest BCUT2D eigenvalue weighted by atomic mass is 16.3. The Labute approximate surface area is 340 Å². The Morgan fingerprint density at radius 3 is 1.76 bits per heavy atom. The Hall–Kier alpha value is -7.88. The van der Waals surface area contributed by atoms with Crippen molar-refractivity contribution in [2.75, 3.05) is 4.90 Å². The summed E-state index contributed by atoms with van der Waals surface area (Å²) in [6.45, 7) is 0. The van der Waals surface area contributed by atoms with Gasteiger partial charge in [0, 0.05) is 38.2 Å². The van der Waals surface area contributed by atoms with Crippen molar-refractivity contribution in [2.24, 2.45) is 0 Å². The van der Waals surface area contributed by atoms with E-state index in [1.165, 1.54) is 27.3 Å². The summed E-state index contributed by atoms with van der Waals surface area (Å²) in [5, 5.41) is 9.22. The Morgan fingerprint density at radius 1 is 0.288 bits per heavy atom. The number of fused-ring (bicyclic) bond motifs is 8. The topological polar surface area (TPSA) is 29.5 Å². The van der Waals surface area contributed by atoms with E-state index in [1.54, 1.807) is 0 Å². The Kier molecular flexibility index (Phi) is 7.54. The maximum atomic E-state index is 7.06. The molecule has 10 aromatic carbocycles. The molecule has 0 amide bonds. The second-order valence-electron chi connectivity index (χ2n) is 15.2. The van der Waals surface area contributed by atoms with Crippen LogP contribution in [0.3, 0.4) is 0 Å². The molecule has 0 aliphatic rings. The molecule has 0 radical (unpaired) electrons. The zero-order valence-electron chi connectivity index (χ0n) is 32.0. The molecule has 0 bridgehead atoms. The van der Waals surface area contributed by atoms with Crippen molar-refractivity contribution in [3.05, 3.63) is 212 Å². The number of furan rings is 2. The third-order valence-electron chi connectivity index (χ3n) is 11.9. The van der Waals surface area contributed by atoms with Crippen molar-refractivity contribution in [3.63, 3.8) is 0 Å². The van der Waals surface area contributed by atoms with Gasteiger partial charge in [0.05, 0.1) is 11.4 Å². The van der Waals surface area contributed by atoms with Gasteiger partial charge >= 0.3 is 0 Å². The highest BCUT2D eigenvalue weighted by Gasteiger charge is 2.23. The van der Waals surface area contributed by atoms with Crippen molar-refractivity contribution >= 4 is 82.5 Å². The smallest absolute Gasteiger partial charge is 0.159 e. The highest BCUT2D eigenvalue weighted by Crippen LogP contribution is 2.47. The van der Waals surface area contributed by atoms with Gasteiger partial charge < -0.3 is 13.7 Å². The van der Waals surface area contributed by atoms with E-state index in [4.69, 9.17) is 8.83 Å². The van der Waals surface area contributed by atoms with Gasteiger partial charge in [-0.05, 0) is 86.4 Å². The molecule has 2 heterocycles. The van der Waals surface area contributed by atoms with Crippen LogP contribution in [0.1, 0.15) is 0 Å². The van der Waals surface area contributed by atoms with Crippen molar-refractivity contribution in [3.8, 4) is 33.4 Å². The second-order valence-corrected chi connectivity index (χ2v) is 15.2. The van der Waals surface area contributed by atoms with Crippen molar-refractivity contribution in [1.29, 1.82) is 0 Å². The number of benzene rings is 10. The molecule has 3 heteroatoms.